The summed E-state index contributed by atoms with van der Waals surface area (Å²) in [4.78, 5) is 43.0. The average molecular weight is 814 g/mol. The minimum absolute atomic E-state index is 0.0349. The zero-order valence-electron chi connectivity index (χ0n) is 28.7. The van der Waals surface area contributed by atoms with Gasteiger partial charge in [0.05, 0.1) is 36.7 Å². The fraction of sp³-hybridized carbons (Fsp3) is 0.429. The van der Waals surface area contributed by atoms with Crippen molar-refractivity contribution in [3.8, 4) is 11.5 Å². The van der Waals surface area contributed by atoms with E-state index in [4.69, 9.17) is 37.4 Å². The number of anilines is 1. The van der Waals surface area contributed by atoms with Gasteiger partial charge >= 0.3 is 12.6 Å². The molecule has 2 aromatic carbocycles. The molecule has 1 atom stereocenters. The van der Waals surface area contributed by atoms with E-state index in [1.807, 2.05) is 0 Å². The van der Waals surface area contributed by atoms with Crippen LogP contribution in [0.4, 0.5) is 14.5 Å². The minimum Gasteiger partial charge on any atom is -0.619 e. The Balaban J connectivity index is 1.17. The van der Waals surface area contributed by atoms with E-state index in [1.165, 1.54) is 36.4 Å². The lowest BCUT2D eigenvalue weighted by Gasteiger charge is -2.26. The molecule has 19 heteroatoms. The highest BCUT2D eigenvalue weighted by Crippen LogP contribution is 2.38. The average Bonchev–Trinajstić information content (AvgIpc) is 3.92. The van der Waals surface area contributed by atoms with Crippen LogP contribution in [0.5, 0.6) is 11.5 Å². The number of morpholine rings is 1. The molecule has 3 aliphatic rings. The number of amides is 2. The molecule has 3 aromatic rings. The second kappa shape index (κ2) is 17.0. The molecule has 6 rings (SSSR count). The van der Waals surface area contributed by atoms with Gasteiger partial charge in [-0.1, -0.05) is 29.3 Å². The van der Waals surface area contributed by atoms with E-state index in [0.29, 0.717) is 35.8 Å². The van der Waals surface area contributed by atoms with E-state index in [2.05, 4.69) is 14.4 Å². The van der Waals surface area contributed by atoms with Gasteiger partial charge in [-0.05, 0) is 67.6 Å². The number of fused-ring (bicyclic) bond motifs is 1. The number of imide groups is 1. The number of alkyl halides is 2. The Kier molecular flexibility index (Phi) is 12.4. The number of pyridine rings is 1. The van der Waals surface area contributed by atoms with Crippen LogP contribution in [-0.2, 0) is 30.7 Å². The van der Waals surface area contributed by atoms with E-state index in [9.17, 15) is 36.8 Å². The van der Waals surface area contributed by atoms with E-state index in [-0.39, 0.29) is 74.2 Å². The monoisotopic (exact) mass is 812 g/mol. The zero-order chi connectivity index (χ0) is 38.6. The van der Waals surface area contributed by atoms with E-state index >= 15 is 0 Å². The van der Waals surface area contributed by atoms with E-state index < -0.39 is 47.1 Å². The molecule has 2 fully saturated rings. The van der Waals surface area contributed by atoms with Crippen LogP contribution in [0.2, 0.25) is 10.0 Å². The van der Waals surface area contributed by atoms with Crippen LogP contribution in [0.1, 0.15) is 57.2 Å². The first-order chi connectivity index (χ1) is 25.8. The van der Waals surface area contributed by atoms with E-state index in [1.54, 1.807) is 0 Å². The zero-order valence-corrected chi connectivity index (χ0v) is 31.0. The lowest BCUT2D eigenvalue weighted by atomic mass is 10.0. The third-order valence-corrected chi connectivity index (χ3v) is 11.0. The van der Waals surface area contributed by atoms with Gasteiger partial charge in [0.1, 0.15) is 22.7 Å². The molecule has 1 aromatic heterocycles. The normalized spacial score (nSPS) is 16.7. The van der Waals surface area contributed by atoms with Gasteiger partial charge in [-0.3, -0.25) is 28.9 Å². The van der Waals surface area contributed by atoms with Crippen molar-refractivity contribution < 1.29 is 55.3 Å². The Morgan fingerprint density at radius 3 is 2.41 bits per heavy atom. The van der Waals surface area contributed by atoms with Crippen LogP contribution in [0, 0.1) is 11.1 Å². The van der Waals surface area contributed by atoms with Crippen molar-refractivity contribution >= 4 is 56.7 Å². The van der Waals surface area contributed by atoms with Crippen molar-refractivity contribution in [2.45, 2.75) is 38.4 Å². The molecule has 0 bridgehead atoms. The number of rotatable bonds is 17. The quantitative estimate of drug-likeness (QED) is 0.0876. The summed E-state index contributed by atoms with van der Waals surface area (Å²) in [6.07, 6.45) is 2.85. The van der Waals surface area contributed by atoms with Crippen molar-refractivity contribution in [2.24, 2.45) is 5.92 Å². The fourth-order valence-corrected chi connectivity index (χ4v) is 7.71. The van der Waals surface area contributed by atoms with Gasteiger partial charge in [-0.25, -0.2) is 8.42 Å². The largest absolute Gasteiger partial charge is 0.619 e. The van der Waals surface area contributed by atoms with Gasteiger partial charge in [-0.15, -0.1) is 0 Å². The van der Waals surface area contributed by atoms with Crippen molar-refractivity contribution in [3.05, 3.63) is 86.3 Å². The minimum atomic E-state index is -3.79. The van der Waals surface area contributed by atoms with Gasteiger partial charge in [0.25, 0.3) is 11.8 Å². The second-order valence-electron chi connectivity index (χ2n) is 13.0. The molecule has 1 saturated heterocycles. The summed E-state index contributed by atoms with van der Waals surface area (Å²) in [5.74, 6) is -2.89. The van der Waals surface area contributed by atoms with Crippen LogP contribution in [-0.4, -0.2) is 94.4 Å². The number of carbonyl (C=O) groups excluding carboxylic acids is 3. The predicted octanol–water partition coefficient (Wildman–Crippen LogP) is 4.60. The molecule has 3 heterocycles. The van der Waals surface area contributed by atoms with Gasteiger partial charge in [0.15, 0.2) is 23.9 Å². The molecule has 2 amide bonds. The maximum Gasteiger partial charge on any atom is 0.387 e. The molecule has 54 heavy (non-hydrogen) atoms. The highest BCUT2D eigenvalue weighted by atomic mass is 35.5. The molecule has 290 valence electrons. The number of halogens is 4. The first-order valence-electron chi connectivity index (χ1n) is 17.0. The molecule has 0 radical (unpaired) electrons. The van der Waals surface area contributed by atoms with Crippen molar-refractivity contribution in [2.75, 3.05) is 56.5 Å². The summed E-state index contributed by atoms with van der Waals surface area (Å²) >= 11 is 12.7. The highest BCUT2D eigenvalue weighted by Gasteiger charge is 2.38. The third-order valence-electron chi connectivity index (χ3n) is 8.97. The summed E-state index contributed by atoms with van der Waals surface area (Å²) in [5.41, 5.74) is 0.374. The first-order valence-corrected chi connectivity index (χ1v) is 19.5. The summed E-state index contributed by atoms with van der Waals surface area (Å²) in [5, 5.41) is 11.8. The number of sulfonamides is 1. The topological polar surface area (TPSA) is 168 Å². The van der Waals surface area contributed by atoms with Gasteiger partial charge in [0.2, 0.25) is 10.0 Å². The SMILES string of the molecule is O=C(CN1C(=O)c2ccc(NS(=O)(=O)CCCN3CCOCC3)cc2C1=O)O[C@@H](Cc1c(Cl)c[n+]([O-])cc1Cl)c1ccc(OC(F)F)c(OCC2CC2)c1. The number of nitrogens with one attached hydrogen (secondary N) is 1. The standard InChI is InChI=1S/C35H36Cl2F2N4O10S/c36-27-17-42(47)18-28(37)26(27)16-30(22-4-7-29(53-35(38)39)31(14-22)51-20-21-2-3-21)52-32(44)19-43-33(45)24-6-5-23(15-25(24)34(43)46)40-54(48,49)13-1-8-41-9-11-50-12-10-41/h4-7,14-15,17-18,21,30,35,40H,1-3,8-13,16,19-20H2/t30-/m0/s1. The Morgan fingerprint density at radius 2 is 1.72 bits per heavy atom. The van der Waals surface area contributed by atoms with Crippen molar-refractivity contribution in [3.63, 3.8) is 0 Å². The number of nitrogens with zero attached hydrogens (tertiary/aromatic N) is 3. The Bertz CT molecular complexity index is 1990. The van der Waals surface area contributed by atoms with Crippen LogP contribution < -0.4 is 18.9 Å². The lowest BCUT2D eigenvalue weighted by molar-refractivity contribution is -0.605. The Hall–Kier alpha value is -4.29. The Labute approximate surface area is 319 Å². The van der Waals surface area contributed by atoms with Crippen molar-refractivity contribution in [1.82, 2.24) is 9.80 Å². The maximum atomic E-state index is 13.5. The van der Waals surface area contributed by atoms with Crippen LogP contribution in [0.25, 0.3) is 0 Å². The molecule has 0 unspecified atom stereocenters. The molecule has 0 spiro atoms. The maximum absolute atomic E-state index is 13.5. The number of aromatic nitrogens is 1. The molecule has 2 aliphatic heterocycles. The van der Waals surface area contributed by atoms with Crippen LogP contribution >= 0.6 is 23.2 Å². The molecule has 1 N–H and O–H groups in total. The molecule has 14 nitrogen and oxygen atoms in total. The van der Waals surface area contributed by atoms with E-state index in [0.717, 1.165) is 38.3 Å². The summed E-state index contributed by atoms with van der Waals surface area (Å²) < 4.78 is 76.4. The third kappa shape index (κ3) is 10.1. The smallest absolute Gasteiger partial charge is 0.387 e. The molecular formula is C35H36Cl2F2N4O10S. The number of carbonyl (C=O) groups is 3. The van der Waals surface area contributed by atoms with Gasteiger partial charge in [0, 0.05) is 30.8 Å². The number of benzene rings is 2. The summed E-state index contributed by atoms with van der Waals surface area (Å²) in [7, 11) is -3.79. The summed E-state index contributed by atoms with van der Waals surface area (Å²) in [6.45, 7) is -0.531. The molecule has 1 aliphatic carbocycles. The van der Waals surface area contributed by atoms with Crippen LogP contribution in [0.15, 0.2) is 48.8 Å². The number of hydrogen-bond acceptors (Lipinski definition) is 11. The number of hydrogen-bond donors (Lipinski definition) is 1. The highest BCUT2D eigenvalue weighted by molar-refractivity contribution is 7.92. The fourth-order valence-electron chi connectivity index (χ4n) is 6.02. The molecular weight excluding hydrogens is 777 g/mol. The predicted molar refractivity (Wildman–Crippen MR) is 190 cm³/mol. The summed E-state index contributed by atoms with van der Waals surface area (Å²) in [6, 6.07) is 7.84. The van der Waals surface area contributed by atoms with Gasteiger partial charge < -0.3 is 24.2 Å². The first kappa shape index (κ1) is 39.4. The number of esters is 1. The molecule has 1 saturated carbocycles. The lowest BCUT2D eigenvalue weighted by Crippen LogP contribution is -2.37. The van der Waals surface area contributed by atoms with Gasteiger partial charge in [-0.2, -0.15) is 13.5 Å². The second-order valence-corrected chi connectivity index (χ2v) is 15.7. The van der Waals surface area contributed by atoms with Crippen molar-refractivity contribution in [1.29, 1.82) is 0 Å². The Morgan fingerprint density at radius 1 is 1.02 bits per heavy atom. The number of ether oxygens (including phenoxy) is 4. The van der Waals surface area contributed by atoms with Crippen LogP contribution in [0.3, 0.4) is 0 Å².